The molecule has 0 aliphatic carbocycles. The predicted molar refractivity (Wildman–Crippen MR) is 344 cm³/mol. The van der Waals surface area contributed by atoms with Crippen molar-refractivity contribution in [3.63, 3.8) is 0 Å². The van der Waals surface area contributed by atoms with E-state index in [4.69, 9.17) is 52.8 Å². The third-order valence-electron chi connectivity index (χ3n) is 15.1. The lowest BCUT2D eigenvalue weighted by atomic mass is 9.99. The summed E-state index contributed by atoms with van der Waals surface area (Å²) in [6, 6.07) is 31.0. The standard InChI is InChI=1S/C58H66N10O9.2C4H7NO4/c59-27-13-12-22-46-52(69)64-47(30-38-23-25-42(26-24-38)76-36-39-16-6-2-7-17-39)53(70)66-49(31-37-14-4-1-5-15-37)57(74)68-35-43(77-58(75)61-29-28-60)33-50(68)55(72)67-51(40-18-8-3-9-19-40)56(73)65-48(54(71)63-46)32-41-34-62-45-21-11-10-20-44(41)45;2*5-2(4(8)9)1-3(6)7/h1-11,14-21,23-26,34,43,46-51,62H,12-13,22,27-33,35-36,59-60H2,(H,61,75)(H,63,71)(H,64,69)(H,65,73)(H,66,70)(H,67,72);2*2H,1,5H2,(H,6,7)(H,8,9)/t43-,46-,47-,48+,49-,50-,51-;2*2-/m000/s1. The van der Waals surface area contributed by atoms with Gasteiger partial charge in [-0.3, -0.25) is 47.9 Å². The number of nitrogens with one attached hydrogen (secondary N) is 7. The first-order chi connectivity index (χ1) is 45.5. The first-order valence-electron chi connectivity index (χ1n) is 30.5. The number of hydrogen-bond donors (Lipinski definition) is 15. The van der Waals surface area contributed by atoms with E-state index in [0.29, 0.717) is 54.0 Å². The summed E-state index contributed by atoms with van der Waals surface area (Å²) in [7, 11) is 0. The van der Waals surface area contributed by atoms with Gasteiger partial charge in [0.15, 0.2) is 0 Å². The van der Waals surface area contributed by atoms with E-state index >= 15 is 9.59 Å². The molecule has 29 heteroatoms. The summed E-state index contributed by atoms with van der Waals surface area (Å²) in [5, 5.41) is 49.9. The van der Waals surface area contributed by atoms with E-state index < -0.39 is 133 Å². The maximum atomic E-state index is 15.3. The number of carbonyl (C=O) groups is 11. The maximum absolute atomic E-state index is 15.3. The molecule has 5 aromatic carbocycles. The molecule has 19 N–H and O–H groups in total. The molecule has 0 spiro atoms. The zero-order valence-corrected chi connectivity index (χ0v) is 51.8. The average molecular weight is 1310 g/mol. The number of hydrogen-bond acceptors (Lipinski definition) is 17. The number of aliphatic carboxylic acids is 4. The number of unbranched alkanes of at least 4 members (excludes halogenated alkanes) is 1. The third-order valence-corrected chi connectivity index (χ3v) is 15.1. The Morgan fingerprint density at radius 1 is 0.558 bits per heavy atom. The van der Waals surface area contributed by atoms with Gasteiger partial charge in [0.1, 0.15) is 66.8 Å². The number of carbonyl (C=O) groups excluding carboxylic acids is 7. The molecule has 9 atom stereocenters. The number of fused-ring (bicyclic) bond motifs is 2. The minimum Gasteiger partial charge on any atom is -0.489 e. The van der Waals surface area contributed by atoms with Crippen LogP contribution in [0.15, 0.2) is 146 Å². The lowest BCUT2D eigenvalue weighted by Gasteiger charge is -2.32. The van der Waals surface area contributed by atoms with Crippen molar-refractivity contribution < 1.29 is 82.6 Å². The molecular weight excluding hydrogens is 1230 g/mol. The molecule has 29 nitrogen and oxygen atoms in total. The fraction of sp³-hybridized carbons (Fsp3) is 0.348. The molecule has 0 bridgehead atoms. The summed E-state index contributed by atoms with van der Waals surface area (Å²) in [5.41, 5.74) is 25.3. The highest BCUT2D eigenvalue weighted by Gasteiger charge is 2.45. The fourth-order valence-electron chi connectivity index (χ4n) is 10.2. The van der Waals surface area contributed by atoms with Crippen molar-refractivity contribution in [1.82, 2.24) is 41.8 Å². The molecule has 2 aliphatic heterocycles. The molecular formula is C66H80N12O17. The third kappa shape index (κ3) is 23.4. The van der Waals surface area contributed by atoms with Crippen LogP contribution in [0.25, 0.3) is 10.9 Å². The Bertz CT molecular complexity index is 3530. The van der Waals surface area contributed by atoms with Gasteiger partial charge in [0.2, 0.25) is 35.4 Å². The van der Waals surface area contributed by atoms with E-state index in [-0.39, 0.29) is 51.7 Å². The second-order valence-electron chi connectivity index (χ2n) is 22.3. The van der Waals surface area contributed by atoms with E-state index in [1.54, 1.807) is 85.1 Å². The normalized spacial score (nSPS) is 19.9. The molecule has 0 unspecified atom stereocenters. The van der Waals surface area contributed by atoms with Crippen molar-refractivity contribution in [1.29, 1.82) is 0 Å². The van der Waals surface area contributed by atoms with E-state index in [2.05, 4.69) is 36.9 Å². The minimum absolute atomic E-state index is 0.0385. The fourth-order valence-corrected chi connectivity index (χ4v) is 10.2. The number of amides is 7. The number of carboxylic acid groups (broad SMARTS) is 4. The van der Waals surface area contributed by atoms with Crippen molar-refractivity contribution in [2.75, 3.05) is 26.2 Å². The largest absolute Gasteiger partial charge is 0.489 e. The van der Waals surface area contributed by atoms with Gasteiger partial charge >= 0.3 is 30.0 Å². The van der Waals surface area contributed by atoms with Crippen LogP contribution in [0.1, 0.15) is 72.4 Å². The second-order valence-corrected chi connectivity index (χ2v) is 22.3. The van der Waals surface area contributed by atoms with Crippen molar-refractivity contribution in [3.8, 4) is 5.75 Å². The lowest BCUT2D eigenvalue weighted by molar-refractivity contribution is -0.144. The van der Waals surface area contributed by atoms with Crippen LogP contribution in [0.4, 0.5) is 4.79 Å². The molecule has 0 radical (unpaired) electrons. The predicted octanol–water partition coefficient (Wildman–Crippen LogP) is 1.11. The van der Waals surface area contributed by atoms with E-state index in [1.807, 2.05) is 60.7 Å². The van der Waals surface area contributed by atoms with Gasteiger partial charge in [0, 0.05) is 55.9 Å². The molecule has 2 aliphatic rings. The Labute approximate surface area is 546 Å². The van der Waals surface area contributed by atoms with Crippen LogP contribution in [0.5, 0.6) is 5.75 Å². The molecule has 1 aromatic heterocycles. The van der Waals surface area contributed by atoms with Crippen LogP contribution >= 0.6 is 0 Å². The van der Waals surface area contributed by atoms with Gasteiger partial charge in [-0.25, -0.2) is 4.79 Å². The molecule has 8 rings (SSSR count). The number of H-pyrrole nitrogens is 1. The number of aromatic amines is 1. The Balaban J connectivity index is 0.000000693. The van der Waals surface area contributed by atoms with Gasteiger partial charge < -0.3 is 94.6 Å². The highest BCUT2D eigenvalue weighted by atomic mass is 16.6. The Kier molecular flexibility index (Phi) is 28.6. The van der Waals surface area contributed by atoms with Gasteiger partial charge in [-0.05, 0) is 71.8 Å². The second kappa shape index (κ2) is 37.1. The number of carboxylic acids is 4. The van der Waals surface area contributed by atoms with E-state index in [0.717, 1.165) is 16.5 Å². The number of rotatable bonds is 23. The number of benzene rings is 5. The van der Waals surface area contributed by atoms with Gasteiger partial charge in [0.25, 0.3) is 0 Å². The summed E-state index contributed by atoms with van der Waals surface area (Å²) in [6.07, 6.45) is -0.413. The summed E-state index contributed by atoms with van der Waals surface area (Å²) in [5.74, 6) is -8.76. The smallest absolute Gasteiger partial charge is 0.407 e. The van der Waals surface area contributed by atoms with Crippen molar-refractivity contribution in [2.45, 2.75) is 119 Å². The summed E-state index contributed by atoms with van der Waals surface area (Å²) < 4.78 is 11.8. The van der Waals surface area contributed by atoms with Gasteiger partial charge in [-0.15, -0.1) is 0 Å². The Morgan fingerprint density at radius 3 is 1.65 bits per heavy atom. The summed E-state index contributed by atoms with van der Waals surface area (Å²) in [4.78, 5) is 147. The van der Waals surface area contributed by atoms with Crippen molar-refractivity contribution >= 4 is 76.3 Å². The molecule has 95 heavy (non-hydrogen) atoms. The highest BCUT2D eigenvalue weighted by Crippen LogP contribution is 2.26. The Hall–Kier alpha value is -10.7. The molecule has 3 heterocycles. The first kappa shape index (κ1) is 73.3. The summed E-state index contributed by atoms with van der Waals surface area (Å²) >= 11 is 0. The van der Waals surface area contributed by atoms with Crippen LogP contribution in [0.2, 0.25) is 0 Å². The molecule has 2 saturated heterocycles. The van der Waals surface area contributed by atoms with Crippen molar-refractivity contribution in [2.24, 2.45) is 22.9 Å². The number of para-hydroxylation sites is 1. The van der Waals surface area contributed by atoms with Gasteiger partial charge in [-0.2, -0.15) is 0 Å². The zero-order valence-electron chi connectivity index (χ0n) is 51.8. The van der Waals surface area contributed by atoms with Gasteiger partial charge in [0.05, 0.1) is 19.4 Å². The number of nitrogens with zero attached hydrogens (tertiary/aromatic N) is 1. The Morgan fingerprint density at radius 2 is 1.07 bits per heavy atom. The molecule has 2 fully saturated rings. The monoisotopic (exact) mass is 1310 g/mol. The number of nitrogens with two attached hydrogens (primary N) is 4. The quantitative estimate of drug-likeness (QED) is 0.0400. The maximum Gasteiger partial charge on any atom is 0.407 e. The topological polar surface area (TPSA) is 482 Å². The van der Waals surface area contributed by atoms with Crippen LogP contribution in [-0.4, -0.2) is 170 Å². The van der Waals surface area contributed by atoms with Crippen LogP contribution in [-0.2, 0) is 78.6 Å². The van der Waals surface area contributed by atoms with Crippen molar-refractivity contribution in [3.05, 3.63) is 174 Å². The number of ether oxygens (including phenoxy) is 2. The van der Waals surface area contributed by atoms with Crippen LogP contribution in [0, 0.1) is 0 Å². The molecule has 506 valence electrons. The van der Waals surface area contributed by atoms with Crippen LogP contribution < -0.4 is 59.6 Å². The number of aromatic nitrogens is 1. The zero-order chi connectivity index (χ0) is 69.0. The average Bonchev–Trinajstić information content (AvgIpc) is 1.72. The first-order valence-corrected chi connectivity index (χ1v) is 30.5. The minimum atomic E-state index is -1.42. The number of alkyl carbamates (subject to hydrolysis) is 1. The molecule has 6 aromatic rings. The lowest BCUT2D eigenvalue weighted by Crippen LogP contribution is -2.61. The van der Waals surface area contributed by atoms with E-state index in [1.165, 1.54) is 4.90 Å². The summed E-state index contributed by atoms with van der Waals surface area (Å²) in [6.45, 7) is 0.617. The van der Waals surface area contributed by atoms with Gasteiger partial charge in [-0.1, -0.05) is 121 Å². The molecule has 0 saturated carbocycles. The van der Waals surface area contributed by atoms with E-state index in [9.17, 15) is 43.2 Å². The highest BCUT2D eigenvalue weighted by molar-refractivity contribution is 5.99. The van der Waals surface area contributed by atoms with Crippen LogP contribution in [0.3, 0.4) is 0 Å². The molecule has 7 amide bonds. The SMILES string of the molecule is NCCCC[C@@H]1NC(=O)[C@@H](Cc2c[nH]c3ccccc23)NC(=O)[C@H](c2ccccc2)NC(=O)[C@@H]2C[C@H](OC(=O)NCCN)CN2C(=O)[C@H](Cc2ccccc2)NC(=O)[C@H](Cc2ccc(OCc3ccccc3)cc2)NC1=O.N[C@@H](CC(=O)O)C(=O)O.N[C@@H](CC(=O)O)C(=O)O.